The predicted octanol–water partition coefficient (Wildman–Crippen LogP) is 1.05. The molecule has 1 aliphatic rings. The Bertz CT molecular complexity index is 469. The van der Waals surface area contributed by atoms with Crippen LogP contribution in [-0.2, 0) is 9.84 Å². The van der Waals surface area contributed by atoms with Crippen LogP contribution in [-0.4, -0.2) is 36.7 Å². The zero-order valence-electron chi connectivity index (χ0n) is 9.26. The number of nitrogens with zero attached hydrogens (tertiary/aromatic N) is 2. The second-order valence-electron chi connectivity index (χ2n) is 4.11. The minimum absolute atomic E-state index is 0.00743. The van der Waals surface area contributed by atoms with Gasteiger partial charge in [0.15, 0.2) is 0 Å². The molecule has 0 saturated carbocycles. The lowest BCUT2D eigenvalue weighted by Crippen LogP contribution is -2.39. The lowest BCUT2D eigenvalue weighted by atomic mass is 10.1. The smallest absolute Gasteiger partial charge is 0.247 e. The molecule has 0 spiro atoms. The average molecular weight is 276 g/mol. The molecule has 5 nitrogen and oxygen atoms in total. The zero-order valence-corrected chi connectivity index (χ0v) is 10.8. The molecule has 0 aliphatic carbocycles. The van der Waals surface area contributed by atoms with Crippen LogP contribution in [0.5, 0.6) is 0 Å². The monoisotopic (exact) mass is 275 g/mol. The predicted molar refractivity (Wildman–Crippen MR) is 64.7 cm³/mol. The molecule has 7 heteroatoms. The van der Waals surface area contributed by atoms with E-state index in [1.54, 1.807) is 0 Å². The topological polar surface area (TPSA) is 72.0 Å². The molecule has 1 saturated heterocycles. The number of rotatable bonds is 3. The van der Waals surface area contributed by atoms with Crippen molar-refractivity contribution >= 4 is 21.4 Å². The first kappa shape index (κ1) is 12.7. The Hall–Kier alpha value is -0.720. The molecule has 0 radical (unpaired) electrons. The van der Waals surface area contributed by atoms with Crippen LogP contribution in [0.4, 0.5) is 0 Å². The molecule has 1 fully saturated rings. The maximum absolute atomic E-state index is 12.0. The van der Waals surface area contributed by atoms with E-state index in [-0.39, 0.29) is 17.0 Å². The number of halogens is 1. The third kappa shape index (κ3) is 3.37. The summed E-state index contributed by atoms with van der Waals surface area (Å²) in [7, 11) is -3.42. The van der Waals surface area contributed by atoms with E-state index in [1.807, 2.05) is 0 Å². The van der Waals surface area contributed by atoms with E-state index in [0.29, 0.717) is 5.02 Å². The van der Waals surface area contributed by atoms with Crippen molar-refractivity contribution < 1.29 is 8.42 Å². The number of nitrogens with one attached hydrogen (secondary N) is 1. The van der Waals surface area contributed by atoms with Crippen molar-refractivity contribution in [3.05, 3.63) is 17.4 Å². The molecule has 94 valence electrons. The molecule has 1 aliphatic heterocycles. The van der Waals surface area contributed by atoms with Crippen LogP contribution in [0.3, 0.4) is 0 Å². The minimum Gasteiger partial charge on any atom is -0.313 e. The van der Waals surface area contributed by atoms with E-state index in [2.05, 4.69) is 15.3 Å². The summed E-state index contributed by atoms with van der Waals surface area (Å²) < 4.78 is 24.0. The van der Waals surface area contributed by atoms with Crippen molar-refractivity contribution in [1.29, 1.82) is 0 Å². The molecule has 2 heterocycles. The fourth-order valence-electron chi connectivity index (χ4n) is 1.87. The quantitative estimate of drug-likeness (QED) is 0.835. The number of aromatic nitrogens is 2. The Morgan fingerprint density at radius 2 is 2.06 bits per heavy atom. The Morgan fingerprint density at radius 3 is 2.65 bits per heavy atom. The molecular formula is C10H14ClN3O2S. The summed E-state index contributed by atoms with van der Waals surface area (Å²) in [6.45, 7) is 0.877. The van der Waals surface area contributed by atoms with Crippen molar-refractivity contribution in [2.75, 3.05) is 12.3 Å². The maximum Gasteiger partial charge on any atom is 0.247 e. The zero-order chi connectivity index (χ0) is 12.3. The summed E-state index contributed by atoms with van der Waals surface area (Å²) in [5, 5.41) is 3.38. The number of hydrogen-bond acceptors (Lipinski definition) is 5. The van der Waals surface area contributed by atoms with Crippen LogP contribution in [0.15, 0.2) is 17.6 Å². The van der Waals surface area contributed by atoms with Gasteiger partial charge in [0.25, 0.3) is 0 Å². The molecule has 1 aromatic rings. The van der Waals surface area contributed by atoms with Gasteiger partial charge in [0.1, 0.15) is 0 Å². The highest BCUT2D eigenvalue weighted by Crippen LogP contribution is 2.13. The highest BCUT2D eigenvalue weighted by atomic mass is 35.5. The van der Waals surface area contributed by atoms with Crippen molar-refractivity contribution in [3.8, 4) is 0 Å². The van der Waals surface area contributed by atoms with Crippen molar-refractivity contribution in [2.24, 2.45) is 0 Å². The lowest BCUT2D eigenvalue weighted by Gasteiger charge is -2.22. The van der Waals surface area contributed by atoms with Crippen molar-refractivity contribution in [1.82, 2.24) is 15.3 Å². The van der Waals surface area contributed by atoms with Crippen molar-refractivity contribution in [3.63, 3.8) is 0 Å². The molecule has 0 bridgehead atoms. The highest BCUT2D eigenvalue weighted by molar-refractivity contribution is 7.91. The van der Waals surface area contributed by atoms with Gasteiger partial charge in [-0.05, 0) is 19.4 Å². The fourth-order valence-corrected chi connectivity index (χ4v) is 3.35. The van der Waals surface area contributed by atoms with Crippen LogP contribution in [0.2, 0.25) is 5.02 Å². The average Bonchev–Trinajstić information content (AvgIpc) is 2.30. The molecule has 0 unspecified atom stereocenters. The second-order valence-corrected chi connectivity index (χ2v) is 6.48. The fraction of sp³-hybridized carbons (Fsp3) is 0.600. The van der Waals surface area contributed by atoms with E-state index >= 15 is 0 Å². The molecular weight excluding hydrogens is 262 g/mol. The largest absolute Gasteiger partial charge is 0.313 e. The van der Waals surface area contributed by atoms with Gasteiger partial charge < -0.3 is 5.32 Å². The van der Waals surface area contributed by atoms with Gasteiger partial charge in [0.2, 0.25) is 15.0 Å². The van der Waals surface area contributed by atoms with E-state index in [0.717, 1.165) is 25.8 Å². The van der Waals surface area contributed by atoms with Crippen LogP contribution in [0.25, 0.3) is 0 Å². The van der Waals surface area contributed by atoms with Gasteiger partial charge in [0.05, 0.1) is 23.2 Å². The van der Waals surface area contributed by atoms with Gasteiger partial charge in [0, 0.05) is 6.04 Å². The molecule has 2 rings (SSSR count). The van der Waals surface area contributed by atoms with Gasteiger partial charge in [-0.3, -0.25) is 0 Å². The first-order chi connectivity index (χ1) is 8.08. The molecule has 0 aromatic carbocycles. The van der Waals surface area contributed by atoms with Gasteiger partial charge in [-0.2, -0.15) is 0 Å². The summed E-state index contributed by atoms with van der Waals surface area (Å²) >= 11 is 5.62. The van der Waals surface area contributed by atoms with Crippen molar-refractivity contribution in [2.45, 2.75) is 30.5 Å². The molecule has 0 amide bonds. The third-order valence-electron chi connectivity index (χ3n) is 2.71. The summed E-state index contributed by atoms with van der Waals surface area (Å²) in [5.41, 5.74) is 0. The number of piperidine rings is 1. The first-order valence-corrected chi connectivity index (χ1v) is 7.55. The Balaban J connectivity index is 2.10. The van der Waals surface area contributed by atoms with E-state index in [4.69, 9.17) is 11.6 Å². The number of hydrogen-bond donors (Lipinski definition) is 1. The molecule has 1 atom stereocenters. The van der Waals surface area contributed by atoms with E-state index in [9.17, 15) is 8.42 Å². The van der Waals surface area contributed by atoms with Gasteiger partial charge in [-0.25, -0.2) is 18.4 Å². The van der Waals surface area contributed by atoms with E-state index in [1.165, 1.54) is 12.4 Å². The van der Waals surface area contributed by atoms with Crippen LogP contribution >= 0.6 is 11.6 Å². The summed E-state index contributed by atoms with van der Waals surface area (Å²) in [6, 6.07) is 0.00743. The second kappa shape index (κ2) is 5.29. The SMILES string of the molecule is O=S(=O)(C[C@H]1CCCCN1)c1ncc(Cl)cn1. The highest BCUT2D eigenvalue weighted by Gasteiger charge is 2.24. The minimum atomic E-state index is -3.42. The maximum atomic E-state index is 12.0. The summed E-state index contributed by atoms with van der Waals surface area (Å²) in [5.74, 6) is 0.0502. The molecule has 17 heavy (non-hydrogen) atoms. The lowest BCUT2D eigenvalue weighted by molar-refractivity contribution is 0.423. The number of sulfone groups is 1. The van der Waals surface area contributed by atoms with Crippen LogP contribution < -0.4 is 5.32 Å². The Morgan fingerprint density at radius 1 is 1.35 bits per heavy atom. The molecule has 1 aromatic heterocycles. The normalized spacial score (nSPS) is 21.4. The van der Waals surface area contributed by atoms with Gasteiger partial charge >= 0.3 is 0 Å². The Labute approximate surface area is 106 Å². The van der Waals surface area contributed by atoms with E-state index < -0.39 is 9.84 Å². The summed E-state index contributed by atoms with van der Waals surface area (Å²) in [4.78, 5) is 7.51. The van der Waals surface area contributed by atoms with Gasteiger partial charge in [-0.1, -0.05) is 18.0 Å². The standard InChI is InChI=1S/C10H14ClN3O2S/c11-8-5-13-10(14-6-8)17(15,16)7-9-3-1-2-4-12-9/h5-6,9,12H,1-4,7H2/t9-/m1/s1. The van der Waals surface area contributed by atoms with Gasteiger partial charge in [-0.15, -0.1) is 0 Å². The van der Waals surface area contributed by atoms with Crippen LogP contribution in [0, 0.1) is 0 Å². The Kier molecular flexibility index (Phi) is 3.96. The molecule has 1 N–H and O–H groups in total. The third-order valence-corrected chi connectivity index (χ3v) is 4.51. The van der Waals surface area contributed by atoms with Crippen LogP contribution in [0.1, 0.15) is 19.3 Å². The summed E-state index contributed by atoms with van der Waals surface area (Å²) in [6.07, 6.45) is 5.65. The first-order valence-electron chi connectivity index (χ1n) is 5.51.